The van der Waals surface area contributed by atoms with Crippen LogP contribution in [0.25, 0.3) is 0 Å². The number of phenolic OH excluding ortho intramolecular Hbond substituents is 1. The third-order valence-electron chi connectivity index (χ3n) is 4.16. The van der Waals surface area contributed by atoms with Crippen LogP contribution in [0.15, 0.2) is 18.2 Å². The lowest BCUT2D eigenvalue weighted by Gasteiger charge is -2.31. The molecule has 0 fully saturated rings. The molecule has 0 spiro atoms. The van der Waals surface area contributed by atoms with Gasteiger partial charge in [0.2, 0.25) is 0 Å². The molecular formula is C16H27NO2S. The van der Waals surface area contributed by atoms with E-state index in [1.54, 1.807) is 13.2 Å². The lowest BCUT2D eigenvalue weighted by atomic mass is 10.0. The van der Waals surface area contributed by atoms with E-state index in [-0.39, 0.29) is 16.5 Å². The van der Waals surface area contributed by atoms with Gasteiger partial charge < -0.3 is 15.2 Å². The molecule has 0 aromatic heterocycles. The normalized spacial score (nSPS) is 13.2. The van der Waals surface area contributed by atoms with Crippen molar-refractivity contribution in [3.05, 3.63) is 23.8 Å². The zero-order valence-electron chi connectivity index (χ0n) is 13.2. The van der Waals surface area contributed by atoms with Gasteiger partial charge in [-0.3, -0.25) is 0 Å². The predicted octanol–water partition coefficient (Wildman–Crippen LogP) is 3.97. The molecule has 0 aliphatic rings. The van der Waals surface area contributed by atoms with Gasteiger partial charge in [-0.25, -0.2) is 0 Å². The Morgan fingerprint density at radius 3 is 2.45 bits per heavy atom. The highest BCUT2D eigenvalue weighted by Crippen LogP contribution is 2.32. The summed E-state index contributed by atoms with van der Waals surface area (Å²) in [5.74, 6) is 0.964. The number of hydrogen-bond donors (Lipinski definition) is 2. The number of benzene rings is 1. The fraction of sp³-hybridized carbons (Fsp3) is 0.625. The van der Waals surface area contributed by atoms with Crippen molar-refractivity contribution in [1.29, 1.82) is 0 Å². The predicted molar refractivity (Wildman–Crippen MR) is 87.9 cm³/mol. The summed E-state index contributed by atoms with van der Waals surface area (Å²) in [5.41, 5.74) is 0.910. The van der Waals surface area contributed by atoms with Crippen LogP contribution in [0.5, 0.6) is 11.5 Å². The van der Waals surface area contributed by atoms with E-state index < -0.39 is 0 Å². The minimum absolute atomic E-state index is 0.116. The molecular weight excluding hydrogens is 270 g/mol. The van der Waals surface area contributed by atoms with Crippen LogP contribution in [0.3, 0.4) is 0 Å². The van der Waals surface area contributed by atoms with E-state index in [2.05, 4.69) is 32.3 Å². The Labute approximate surface area is 127 Å². The molecule has 1 unspecified atom stereocenters. The van der Waals surface area contributed by atoms with Gasteiger partial charge in [0.15, 0.2) is 0 Å². The van der Waals surface area contributed by atoms with Crippen molar-refractivity contribution >= 4 is 11.8 Å². The molecule has 1 aromatic rings. The highest BCUT2D eigenvalue weighted by Gasteiger charge is 2.25. The van der Waals surface area contributed by atoms with E-state index in [4.69, 9.17) is 4.74 Å². The highest BCUT2D eigenvalue weighted by atomic mass is 32.2. The lowest BCUT2D eigenvalue weighted by molar-refractivity contribution is 0.401. The van der Waals surface area contributed by atoms with Crippen molar-refractivity contribution in [1.82, 2.24) is 5.32 Å². The summed E-state index contributed by atoms with van der Waals surface area (Å²) in [6.45, 7) is 7.49. The number of methoxy groups -OCH3 is 1. The summed E-state index contributed by atoms with van der Waals surface area (Å²) in [5, 5.41) is 13.6. The summed E-state index contributed by atoms with van der Waals surface area (Å²) < 4.78 is 5.39. The standard InChI is InChI=1S/C16H27NO2S/c1-6-16(7-2,20-5)11-17-12(3)14-9-8-13(19-4)10-15(14)18/h8-10,12,17-18H,6-7,11H2,1-5H3. The Bertz CT molecular complexity index is 411. The minimum atomic E-state index is 0.116. The summed E-state index contributed by atoms with van der Waals surface area (Å²) in [6.07, 6.45) is 4.45. The molecule has 3 nitrogen and oxygen atoms in total. The Morgan fingerprint density at radius 1 is 1.35 bits per heavy atom. The third-order valence-corrected chi connectivity index (χ3v) is 5.74. The molecule has 0 heterocycles. The van der Waals surface area contributed by atoms with Gasteiger partial charge in [0.1, 0.15) is 11.5 Å². The minimum Gasteiger partial charge on any atom is -0.507 e. The Hall–Kier alpha value is -0.870. The Balaban J connectivity index is 2.74. The van der Waals surface area contributed by atoms with Gasteiger partial charge in [-0.2, -0.15) is 11.8 Å². The van der Waals surface area contributed by atoms with E-state index in [0.29, 0.717) is 5.75 Å². The average Bonchev–Trinajstić information content (AvgIpc) is 2.48. The van der Waals surface area contributed by atoms with Crippen LogP contribution in [0, 0.1) is 0 Å². The monoisotopic (exact) mass is 297 g/mol. The quantitative estimate of drug-likeness (QED) is 0.762. The van der Waals surface area contributed by atoms with Crippen LogP contribution < -0.4 is 10.1 Å². The zero-order chi connectivity index (χ0) is 15.2. The van der Waals surface area contributed by atoms with Gasteiger partial charge in [0.25, 0.3) is 0 Å². The maximum Gasteiger partial charge on any atom is 0.124 e. The molecule has 1 aromatic carbocycles. The zero-order valence-corrected chi connectivity index (χ0v) is 14.0. The Morgan fingerprint density at radius 2 is 2.00 bits per heavy atom. The van der Waals surface area contributed by atoms with Gasteiger partial charge >= 0.3 is 0 Å². The third kappa shape index (κ3) is 4.06. The van der Waals surface area contributed by atoms with E-state index >= 15 is 0 Å². The van der Waals surface area contributed by atoms with Crippen LogP contribution in [0.1, 0.15) is 45.2 Å². The van der Waals surface area contributed by atoms with E-state index in [0.717, 1.165) is 24.9 Å². The molecule has 1 atom stereocenters. The number of aromatic hydroxyl groups is 1. The van der Waals surface area contributed by atoms with Crippen molar-refractivity contribution in [2.45, 2.75) is 44.4 Å². The average molecular weight is 297 g/mol. The molecule has 4 heteroatoms. The van der Waals surface area contributed by atoms with Crippen molar-refractivity contribution in [3.63, 3.8) is 0 Å². The first-order chi connectivity index (χ1) is 9.51. The fourth-order valence-electron chi connectivity index (χ4n) is 2.33. The smallest absolute Gasteiger partial charge is 0.124 e. The van der Waals surface area contributed by atoms with E-state index in [1.165, 1.54) is 0 Å². The molecule has 0 aliphatic carbocycles. The number of hydrogen-bond acceptors (Lipinski definition) is 4. The lowest BCUT2D eigenvalue weighted by Crippen LogP contribution is -2.37. The van der Waals surface area contributed by atoms with Gasteiger partial charge in [-0.15, -0.1) is 0 Å². The largest absolute Gasteiger partial charge is 0.507 e. The Kier molecular flexibility index (Phi) is 6.69. The number of rotatable bonds is 8. The number of thioether (sulfide) groups is 1. The van der Waals surface area contributed by atoms with Crippen LogP contribution in [-0.2, 0) is 0 Å². The molecule has 0 saturated heterocycles. The fourth-order valence-corrected chi connectivity index (χ4v) is 3.13. The summed E-state index contributed by atoms with van der Waals surface area (Å²) in [4.78, 5) is 0. The topological polar surface area (TPSA) is 41.5 Å². The van der Waals surface area contributed by atoms with Crippen molar-refractivity contribution < 1.29 is 9.84 Å². The van der Waals surface area contributed by atoms with Crippen LogP contribution in [0.2, 0.25) is 0 Å². The second-order valence-electron chi connectivity index (χ2n) is 5.12. The summed E-state index contributed by atoms with van der Waals surface area (Å²) in [6, 6.07) is 5.58. The van der Waals surface area contributed by atoms with E-state index in [1.807, 2.05) is 23.9 Å². The van der Waals surface area contributed by atoms with Crippen LogP contribution in [-0.4, -0.2) is 29.8 Å². The molecule has 0 aliphatic heterocycles. The number of ether oxygens (including phenoxy) is 1. The van der Waals surface area contributed by atoms with E-state index in [9.17, 15) is 5.11 Å². The maximum absolute atomic E-state index is 10.1. The molecule has 0 saturated carbocycles. The first-order valence-corrected chi connectivity index (χ1v) is 8.39. The molecule has 2 N–H and O–H groups in total. The first-order valence-electron chi connectivity index (χ1n) is 7.17. The van der Waals surface area contributed by atoms with Crippen LogP contribution >= 0.6 is 11.8 Å². The van der Waals surface area contributed by atoms with Crippen LogP contribution in [0.4, 0.5) is 0 Å². The molecule has 0 amide bonds. The SMILES string of the molecule is CCC(CC)(CNC(C)c1ccc(OC)cc1O)SC. The van der Waals surface area contributed by atoms with Gasteiger partial charge in [0, 0.05) is 29.0 Å². The van der Waals surface area contributed by atoms with Crippen molar-refractivity contribution in [3.8, 4) is 11.5 Å². The number of phenols is 1. The summed E-state index contributed by atoms with van der Waals surface area (Å²) in [7, 11) is 1.60. The second-order valence-corrected chi connectivity index (χ2v) is 6.40. The molecule has 1 rings (SSSR count). The van der Waals surface area contributed by atoms with Crippen molar-refractivity contribution in [2.75, 3.05) is 19.9 Å². The molecule has 0 radical (unpaired) electrons. The molecule has 0 bridgehead atoms. The maximum atomic E-state index is 10.1. The number of nitrogens with one attached hydrogen (secondary N) is 1. The van der Waals surface area contributed by atoms with Gasteiger partial charge in [-0.05, 0) is 32.1 Å². The van der Waals surface area contributed by atoms with Crippen molar-refractivity contribution in [2.24, 2.45) is 0 Å². The first kappa shape index (κ1) is 17.2. The molecule has 20 heavy (non-hydrogen) atoms. The molecule has 114 valence electrons. The highest BCUT2D eigenvalue weighted by molar-refractivity contribution is 8.00. The van der Waals surface area contributed by atoms with Gasteiger partial charge in [-0.1, -0.05) is 19.9 Å². The van der Waals surface area contributed by atoms with Gasteiger partial charge in [0.05, 0.1) is 7.11 Å². The summed E-state index contributed by atoms with van der Waals surface area (Å²) >= 11 is 1.92. The second kappa shape index (κ2) is 7.79.